The lowest BCUT2D eigenvalue weighted by atomic mass is 9.88. The van der Waals surface area contributed by atoms with Crippen molar-refractivity contribution in [2.24, 2.45) is 0 Å². The zero-order chi connectivity index (χ0) is 16.6. The van der Waals surface area contributed by atoms with Crippen molar-refractivity contribution in [1.82, 2.24) is 0 Å². The summed E-state index contributed by atoms with van der Waals surface area (Å²) in [6.07, 6.45) is 0. The first-order valence-corrected chi connectivity index (χ1v) is 8.47. The summed E-state index contributed by atoms with van der Waals surface area (Å²) in [4.78, 5) is 0. The van der Waals surface area contributed by atoms with Crippen LogP contribution in [0.4, 0.5) is 0 Å². The molecule has 1 heterocycles. The quantitative estimate of drug-likeness (QED) is 0.430. The maximum absolute atomic E-state index is 6.44. The van der Waals surface area contributed by atoms with Gasteiger partial charge in [-0.1, -0.05) is 91.0 Å². The van der Waals surface area contributed by atoms with Crippen LogP contribution in [0.3, 0.4) is 0 Å². The van der Waals surface area contributed by atoms with E-state index in [4.69, 9.17) is 4.74 Å². The second kappa shape index (κ2) is 5.64. The SMILES string of the molecule is c1ccc(C2=C(c3ccccc3)c3cccc4cccc(c34)O2)cc1. The summed E-state index contributed by atoms with van der Waals surface area (Å²) in [6, 6.07) is 33.5. The van der Waals surface area contributed by atoms with E-state index in [0.717, 1.165) is 22.6 Å². The second-order valence-electron chi connectivity index (χ2n) is 6.20. The molecule has 0 N–H and O–H groups in total. The molecule has 0 spiro atoms. The standard InChI is InChI=1S/C24H16O/c1-3-9-18(10-4-1)23-20-15-7-13-17-14-8-16-21(22(17)20)25-24(23)19-11-5-2-6-12-19/h1-16H. The van der Waals surface area contributed by atoms with E-state index in [2.05, 4.69) is 84.9 Å². The van der Waals surface area contributed by atoms with Crippen LogP contribution >= 0.6 is 0 Å². The first kappa shape index (κ1) is 14.1. The van der Waals surface area contributed by atoms with Crippen molar-refractivity contribution in [2.45, 2.75) is 0 Å². The maximum atomic E-state index is 6.44. The molecule has 4 aromatic carbocycles. The van der Waals surface area contributed by atoms with Gasteiger partial charge in [-0.25, -0.2) is 0 Å². The summed E-state index contributed by atoms with van der Waals surface area (Å²) in [5, 5.41) is 2.39. The van der Waals surface area contributed by atoms with Gasteiger partial charge in [-0.3, -0.25) is 0 Å². The molecule has 25 heavy (non-hydrogen) atoms. The van der Waals surface area contributed by atoms with Crippen molar-refractivity contribution in [2.75, 3.05) is 0 Å². The Morgan fingerprint density at radius 3 is 1.88 bits per heavy atom. The molecule has 1 aliphatic heterocycles. The fourth-order valence-electron chi connectivity index (χ4n) is 3.57. The highest BCUT2D eigenvalue weighted by Gasteiger charge is 2.24. The molecule has 0 atom stereocenters. The van der Waals surface area contributed by atoms with Gasteiger partial charge in [0.25, 0.3) is 0 Å². The Labute approximate surface area is 146 Å². The maximum Gasteiger partial charge on any atom is 0.143 e. The lowest BCUT2D eigenvalue weighted by Crippen LogP contribution is -2.07. The lowest BCUT2D eigenvalue weighted by Gasteiger charge is -2.25. The third-order valence-corrected chi connectivity index (χ3v) is 4.67. The van der Waals surface area contributed by atoms with Crippen LogP contribution in [0.25, 0.3) is 22.1 Å². The highest BCUT2D eigenvalue weighted by molar-refractivity contribution is 6.10. The normalized spacial score (nSPS) is 13.0. The Balaban J connectivity index is 1.89. The average molecular weight is 320 g/mol. The minimum Gasteiger partial charge on any atom is -0.455 e. The number of benzene rings is 4. The van der Waals surface area contributed by atoms with Crippen LogP contribution < -0.4 is 4.74 Å². The van der Waals surface area contributed by atoms with Gasteiger partial charge in [0.05, 0.1) is 0 Å². The minimum atomic E-state index is 0.915. The van der Waals surface area contributed by atoms with Gasteiger partial charge < -0.3 is 4.74 Å². The van der Waals surface area contributed by atoms with E-state index in [1.807, 2.05) is 12.1 Å². The summed E-state index contributed by atoms with van der Waals surface area (Å²) in [6.45, 7) is 0. The predicted molar refractivity (Wildman–Crippen MR) is 103 cm³/mol. The van der Waals surface area contributed by atoms with E-state index < -0.39 is 0 Å². The molecule has 0 saturated heterocycles. The lowest BCUT2D eigenvalue weighted by molar-refractivity contribution is 0.520. The highest BCUT2D eigenvalue weighted by atomic mass is 16.5. The molecule has 0 aromatic heterocycles. The fraction of sp³-hybridized carbons (Fsp3) is 0. The van der Waals surface area contributed by atoms with Gasteiger partial charge in [0.2, 0.25) is 0 Å². The molecule has 0 bridgehead atoms. The molecule has 0 aliphatic carbocycles. The van der Waals surface area contributed by atoms with Gasteiger partial charge >= 0.3 is 0 Å². The number of hydrogen-bond acceptors (Lipinski definition) is 1. The first-order valence-electron chi connectivity index (χ1n) is 8.47. The van der Waals surface area contributed by atoms with Gasteiger partial charge in [-0.05, 0) is 22.6 Å². The molecule has 0 fully saturated rings. The number of rotatable bonds is 2. The average Bonchev–Trinajstić information content (AvgIpc) is 2.69. The third-order valence-electron chi connectivity index (χ3n) is 4.67. The molecular weight excluding hydrogens is 304 g/mol. The molecule has 1 nitrogen and oxygen atoms in total. The molecule has 0 amide bonds. The van der Waals surface area contributed by atoms with Gasteiger partial charge in [-0.2, -0.15) is 0 Å². The van der Waals surface area contributed by atoms with E-state index in [1.54, 1.807) is 0 Å². The first-order chi connectivity index (χ1) is 12.4. The van der Waals surface area contributed by atoms with E-state index in [-0.39, 0.29) is 0 Å². The Kier molecular flexibility index (Phi) is 3.17. The van der Waals surface area contributed by atoms with Crippen molar-refractivity contribution < 1.29 is 4.74 Å². The summed E-state index contributed by atoms with van der Waals surface area (Å²) >= 11 is 0. The zero-order valence-electron chi connectivity index (χ0n) is 13.6. The molecule has 0 unspecified atom stereocenters. The predicted octanol–water partition coefficient (Wildman–Crippen LogP) is 6.15. The van der Waals surface area contributed by atoms with Gasteiger partial charge in [0, 0.05) is 16.5 Å². The van der Waals surface area contributed by atoms with Gasteiger partial charge in [0.1, 0.15) is 11.5 Å². The van der Waals surface area contributed by atoms with E-state index in [9.17, 15) is 0 Å². The highest BCUT2D eigenvalue weighted by Crippen LogP contribution is 2.44. The van der Waals surface area contributed by atoms with Gasteiger partial charge in [-0.15, -0.1) is 0 Å². The van der Waals surface area contributed by atoms with Crippen molar-refractivity contribution in [3.8, 4) is 5.75 Å². The Morgan fingerprint density at radius 1 is 0.520 bits per heavy atom. The summed E-state index contributed by atoms with van der Waals surface area (Å²) in [7, 11) is 0. The largest absolute Gasteiger partial charge is 0.455 e. The second-order valence-corrected chi connectivity index (χ2v) is 6.20. The van der Waals surface area contributed by atoms with Crippen molar-refractivity contribution in [3.05, 3.63) is 114 Å². The molecule has 5 rings (SSSR count). The minimum absolute atomic E-state index is 0.915. The molecule has 1 aliphatic rings. The molecule has 118 valence electrons. The van der Waals surface area contributed by atoms with Crippen LogP contribution in [0.2, 0.25) is 0 Å². The summed E-state index contributed by atoms with van der Waals surface area (Å²) in [5.41, 5.74) is 4.64. The fourth-order valence-corrected chi connectivity index (χ4v) is 3.57. The zero-order valence-corrected chi connectivity index (χ0v) is 13.6. The van der Waals surface area contributed by atoms with Crippen LogP contribution in [0.5, 0.6) is 5.75 Å². The van der Waals surface area contributed by atoms with Crippen molar-refractivity contribution >= 4 is 22.1 Å². The topological polar surface area (TPSA) is 9.23 Å². The molecule has 1 heteroatoms. The van der Waals surface area contributed by atoms with Crippen molar-refractivity contribution in [1.29, 1.82) is 0 Å². The Bertz CT molecular complexity index is 1090. The van der Waals surface area contributed by atoms with E-state index in [1.165, 1.54) is 21.9 Å². The Morgan fingerprint density at radius 2 is 1.16 bits per heavy atom. The summed E-state index contributed by atoms with van der Waals surface area (Å²) in [5.74, 6) is 1.84. The van der Waals surface area contributed by atoms with Crippen LogP contribution in [-0.2, 0) is 0 Å². The molecular formula is C24H16O. The van der Waals surface area contributed by atoms with Gasteiger partial charge in [0.15, 0.2) is 0 Å². The smallest absolute Gasteiger partial charge is 0.143 e. The molecule has 0 saturated carbocycles. The molecule has 0 radical (unpaired) electrons. The molecule has 4 aromatic rings. The number of hydrogen-bond donors (Lipinski definition) is 0. The van der Waals surface area contributed by atoms with Crippen LogP contribution in [0, 0.1) is 0 Å². The third kappa shape index (κ3) is 2.25. The van der Waals surface area contributed by atoms with E-state index in [0.29, 0.717) is 0 Å². The monoisotopic (exact) mass is 320 g/mol. The summed E-state index contributed by atoms with van der Waals surface area (Å²) < 4.78 is 6.44. The van der Waals surface area contributed by atoms with Crippen molar-refractivity contribution in [3.63, 3.8) is 0 Å². The Hall–Kier alpha value is -3.32. The van der Waals surface area contributed by atoms with Crippen LogP contribution in [0.1, 0.15) is 16.7 Å². The van der Waals surface area contributed by atoms with Crippen LogP contribution in [0.15, 0.2) is 97.1 Å². The van der Waals surface area contributed by atoms with E-state index >= 15 is 0 Å². The van der Waals surface area contributed by atoms with Crippen LogP contribution in [-0.4, -0.2) is 0 Å². The number of ether oxygens (including phenoxy) is 1.